The SMILES string of the molecule is CCCCC(=O)NC1C(=O)c2cccc(N)c2C1=O. The van der Waals surface area contributed by atoms with Gasteiger partial charge >= 0.3 is 0 Å². The van der Waals surface area contributed by atoms with Gasteiger partial charge in [-0.05, 0) is 12.5 Å². The van der Waals surface area contributed by atoms with Crippen LogP contribution in [0.4, 0.5) is 5.69 Å². The number of fused-ring (bicyclic) bond motifs is 1. The van der Waals surface area contributed by atoms with Gasteiger partial charge in [0.2, 0.25) is 5.91 Å². The van der Waals surface area contributed by atoms with Gasteiger partial charge in [-0.1, -0.05) is 25.5 Å². The summed E-state index contributed by atoms with van der Waals surface area (Å²) in [6, 6.07) is 3.65. The highest BCUT2D eigenvalue weighted by Crippen LogP contribution is 2.27. The topological polar surface area (TPSA) is 89.3 Å². The molecule has 0 aliphatic heterocycles. The Morgan fingerprint density at radius 3 is 2.68 bits per heavy atom. The Labute approximate surface area is 111 Å². The molecule has 5 heteroatoms. The lowest BCUT2D eigenvalue weighted by Crippen LogP contribution is -2.42. The second kappa shape index (κ2) is 5.22. The molecule has 19 heavy (non-hydrogen) atoms. The van der Waals surface area contributed by atoms with Crippen molar-refractivity contribution in [3.05, 3.63) is 29.3 Å². The fourth-order valence-electron chi connectivity index (χ4n) is 2.17. The molecular weight excluding hydrogens is 244 g/mol. The van der Waals surface area contributed by atoms with Crippen molar-refractivity contribution in [2.24, 2.45) is 0 Å². The molecule has 0 radical (unpaired) electrons. The molecule has 1 amide bonds. The molecular formula is C14H16N2O3. The number of ketones is 2. The average Bonchev–Trinajstić information content (AvgIpc) is 2.63. The molecule has 1 aromatic carbocycles. The van der Waals surface area contributed by atoms with E-state index in [2.05, 4.69) is 5.32 Å². The van der Waals surface area contributed by atoms with E-state index in [4.69, 9.17) is 5.73 Å². The maximum atomic E-state index is 12.1. The van der Waals surface area contributed by atoms with Gasteiger partial charge in [-0.3, -0.25) is 14.4 Å². The summed E-state index contributed by atoms with van der Waals surface area (Å²) in [5.41, 5.74) is 6.52. The number of anilines is 1. The first kappa shape index (κ1) is 13.3. The molecule has 1 aliphatic rings. The predicted molar refractivity (Wildman–Crippen MR) is 71.0 cm³/mol. The van der Waals surface area contributed by atoms with E-state index in [-0.39, 0.29) is 22.9 Å². The molecule has 0 saturated carbocycles. The third-order valence-electron chi connectivity index (χ3n) is 3.20. The fourth-order valence-corrected chi connectivity index (χ4v) is 2.17. The van der Waals surface area contributed by atoms with Crippen molar-refractivity contribution < 1.29 is 14.4 Å². The van der Waals surface area contributed by atoms with Gasteiger partial charge in [-0.15, -0.1) is 0 Å². The first-order valence-electron chi connectivity index (χ1n) is 6.32. The summed E-state index contributed by atoms with van der Waals surface area (Å²) in [5, 5.41) is 2.49. The third-order valence-corrected chi connectivity index (χ3v) is 3.20. The van der Waals surface area contributed by atoms with Crippen molar-refractivity contribution in [3.8, 4) is 0 Å². The Bertz CT molecular complexity index is 552. The first-order valence-corrected chi connectivity index (χ1v) is 6.32. The molecule has 0 bridgehead atoms. The molecule has 100 valence electrons. The Balaban J connectivity index is 2.19. The van der Waals surface area contributed by atoms with Gasteiger partial charge in [0.1, 0.15) is 0 Å². The molecule has 1 aliphatic carbocycles. The van der Waals surface area contributed by atoms with Crippen molar-refractivity contribution in [3.63, 3.8) is 0 Å². The largest absolute Gasteiger partial charge is 0.398 e. The highest BCUT2D eigenvalue weighted by atomic mass is 16.2. The number of Topliss-reactive ketones (excluding diaryl/α,β-unsaturated/α-hetero) is 2. The van der Waals surface area contributed by atoms with Crippen LogP contribution in [0.15, 0.2) is 18.2 Å². The number of hydrogen-bond acceptors (Lipinski definition) is 4. The highest BCUT2D eigenvalue weighted by Gasteiger charge is 2.40. The van der Waals surface area contributed by atoms with Crippen LogP contribution in [0.3, 0.4) is 0 Å². The molecule has 1 unspecified atom stereocenters. The van der Waals surface area contributed by atoms with E-state index in [1.165, 1.54) is 0 Å². The van der Waals surface area contributed by atoms with E-state index in [1.54, 1.807) is 18.2 Å². The molecule has 1 atom stereocenters. The number of hydrogen-bond donors (Lipinski definition) is 2. The maximum Gasteiger partial charge on any atom is 0.220 e. The summed E-state index contributed by atoms with van der Waals surface area (Å²) in [5.74, 6) is -1.07. The van der Waals surface area contributed by atoms with E-state index in [0.29, 0.717) is 12.0 Å². The van der Waals surface area contributed by atoms with Crippen molar-refractivity contribution in [2.75, 3.05) is 5.73 Å². The van der Waals surface area contributed by atoms with Gasteiger partial charge in [-0.2, -0.15) is 0 Å². The van der Waals surface area contributed by atoms with Gasteiger partial charge in [-0.25, -0.2) is 0 Å². The molecule has 0 saturated heterocycles. The number of nitrogens with two attached hydrogens (primary N) is 1. The predicted octanol–water partition coefficient (Wildman–Crippen LogP) is 1.32. The summed E-state index contributed by atoms with van der Waals surface area (Å²) >= 11 is 0. The lowest BCUT2D eigenvalue weighted by Gasteiger charge is -2.09. The standard InChI is InChI=1S/C14H16N2O3/c1-2-3-7-10(17)16-12-13(18)8-5-4-6-9(15)11(8)14(12)19/h4-6,12H,2-3,7,15H2,1H3,(H,16,17). The van der Waals surface area contributed by atoms with Gasteiger partial charge in [0, 0.05) is 17.7 Å². The molecule has 1 aromatic rings. The van der Waals surface area contributed by atoms with Crippen molar-refractivity contribution in [1.29, 1.82) is 0 Å². The first-order chi connectivity index (χ1) is 9.06. The van der Waals surface area contributed by atoms with Crippen LogP contribution in [0, 0.1) is 0 Å². The van der Waals surface area contributed by atoms with E-state index in [9.17, 15) is 14.4 Å². The minimum absolute atomic E-state index is 0.230. The average molecular weight is 260 g/mol. The van der Waals surface area contributed by atoms with Crippen LogP contribution < -0.4 is 11.1 Å². The Morgan fingerprint density at radius 1 is 1.32 bits per heavy atom. The van der Waals surface area contributed by atoms with Crippen molar-refractivity contribution in [2.45, 2.75) is 32.2 Å². The smallest absolute Gasteiger partial charge is 0.220 e. The lowest BCUT2D eigenvalue weighted by molar-refractivity contribution is -0.121. The highest BCUT2D eigenvalue weighted by molar-refractivity contribution is 6.31. The minimum Gasteiger partial charge on any atom is -0.398 e. The van der Waals surface area contributed by atoms with Crippen molar-refractivity contribution >= 4 is 23.2 Å². The number of amides is 1. The summed E-state index contributed by atoms with van der Waals surface area (Å²) in [4.78, 5) is 35.8. The van der Waals surface area contributed by atoms with E-state index in [0.717, 1.165) is 12.8 Å². The zero-order valence-corrected chi connectivity index (χ0v) is 10.7. The van der Waals surface area contributed by atoms with Crippen molar-refractivity contribution in [1.82, 2.24) is 5.32 Å². The normalized spacial score (nSPS) is 17.4. The monoisotopic (exact) mass is 260 g/mol. The number of nitrogens with one attached hydrogen (secondary N) is 1. The molecule has 0 aromatic heterocycles. The fraction of sp³-hybridized carbons (Fsp3) is 0.357. The summed E-state index contributed by atoms with van der Waals surface area (Å²) in [6.07, 6.45) is 1.93. The van der Waals surface area contributed by atoms with Crippen LogP contribution in [-0.4, -0.2) is 23.5 Å². The third kappa shape index (κ3) is 2.36. The molecule has 0 fully saturated rings. The summed E-state index contributed by atoms with van der Waals surface area (Å²) in [7, 11) is 0. The minimum atomic E-state index is -1.11. The molecule has 0 spiro atoms. The molecule has 5 nitrogen and oxygen atoms in total. The number of nitrogen functional groups attached to an aromatic ring is 1. The van der Waals surface area contributed by atoms with Crippen LogP contribution in [0.5, 0.6) is 0 Å². The molecule has 3 N–H and O–H groups in total. The molecule has 0 heterocycles. The maximum absolute atomic E-state index is 12.1. The number of unbranched alkanes of at least 4 members (excludes halogenated alkanes) is 1. The zero-order valence-electron chi connectivity index (χ0n) is 10.7. The van der Waals surface area contributed by atoms with Gasteiger partial charge < -0.3 is 11.1 Å². The van der Waals surface area contributed by atoms with Crippen LogP contribution in [0.2, 0.25) is 0 Å². The van der Waals surface area contributed by atoms with Gasteiger partial charge in [0.15, 0.2) is 17.6 Å². The Morgan fingerprint density at radius 2 is 2.05 bits per heavy atom. The summed E-state index contributed by atoms with van der Waals surface area (Å²) in [6.45, 7) is 1.97. The van der Waals surface area contributed by atoms with Gasteiger partial charge in [0.05, 0.1) is 5.56 Å². The van der Waals surface area contributed by atoms with Gasteiger partial charge in [0.25, 0.3) is 0 Å². The van der Waals surface area contributed by atoms with Crippen LogP contribution in [0.1, 0.15) is 46.9 Å². The second-order valence-corrected chi connectivity index (χ2v) is 4.60. The molecule has 2 rings (SSSR count). The van der Waals surface area contributed by atoms with Crippen LogP contribution >= 0.6 is 0 Å². The lowest BCUT2D eigenvalue weighted by atomic mass is 10.1. The quantitative estimate of drug-likeness (QED) is 0.631. The van der Waals surface area contributed by atoms with E-state index < -0.39 is 11.8 Å². The number of rotatable bonds is 4. The van der Waals surface area contributed by atoms with E-state index in [1.807, 2.05) is 6.92 Å². The Kier molecular flexibility index (Phi) is 3.64. The number of benzene rings is 1. The number of carbonyl (C=O) groups is 3. The van der Waals surface area contributed by atoms with Crippen LogP contribution in [-0.2, 0) is 4.79 Å². The number of carbonyl (C=O) groups excluding carboxylic acids is 3. The van der Waals surface area contributed by atoms with E-state index >= 15 is 0 Å². The van der Waals surface area contributed by atoms with Crippen LogP contribution in [0.25, 0.3) is 0 Å². The Hall–Kier alpha value is -2.17. The summed E-state index contributed by atoms with van der Waals surface area (Å²) < 4.78 is 0. The zero-order chi connectivity index (χ0) is 14.0. The second-order valence-electron chi connectivity index (χ2n) is 4.60.